The monoisotopic (exact) mass is 776 g/mol. The Labute approximate surface area is 291 Å². The summed E-state index contributed by atoms with van der Waals surface area (Å²) in [7, 11) is -14.8. The molecule has 0 fully saturated rings. The van der Waals surface area contributed by atoms with Gasteiger partial charge in [0, 0.05) is 15.5 Å². The molecular weight excluding hydrogens is 734 g/mol. The first-order chi connectivity index (χ1) is 22.7. The van der Waals surface area contributed by atoms with Gasteiger partial charge in [-0.3, -0.25) is 0 Å². The summed E-state index contributed by atoms with van der Waals surface area (Å²) < 4.78 is 122. The van der Waals surface area contributed by atoms with E-state index in [1.165, 1.54) is 12.1 Å². The van der Waals surface area contributed by atoms with E-state index in [4.69, 9.17) is 14.2 Å². The lowest BCUT2D eigenvalue weighted by Gasteiger charge is -2.30. The molecule has 3 aliphatic heterocycles. The fourth-order valence-corrected chi connectivity index (χ4v) is 14.1. The largest absolute Gasteiger partial charge is 0.534 e. The first-order valence-electron chi connectivity index (χ1n) is 15.8. The molecule has 3 aromatic rings. The van der Waals surface area contributed by atoms with Gasteiger partial charge in [0.15, 0.2) is 27.2 Å². The Hall–Kier alpha value is -2.71. The molecule has 3 atom stereocenters. The molecule has 9 nitrogen and oxygen atoms in total. The van der Waals surface area contributed by atoms with Gasteiger partial charge in [0.05, 0.1) is 10.6 Å². The highest BCUT2D eigenvalue weighted by atomic mass is 32.2. The first-order valence-corrected chi connectivity index (χ1v) is 22.9. The average Bonchev–Trinajstić information content (AvgIpc) is 3.65. The van der Waals surface area contributed by atoms with Crippen molar-refractivity contribution in [3.8, 4) is 34.1 Å². The SMILES string of the molecule is CC(C)(C)[P@]1(=O)COc2cccc(-c3cccc4c3[P@](=O)(C(C)(C)C)CO4)c21.CC(C)(C)[P@]1(=O)COc2cccc(OS(=O)(=O)C(F)(F)F)c21. The number of fused-ring (bicyclic) bond motifs is 3. The maximum atomic E-state index is 14.1. The fourth-order valence-electron chi connectivity index (χ4n) is 5.93. The number of rotatable bonds is 3. The van der Waals surface area contributed by atoms with Crippen LogP contribution in [0, 0.1) is 0 Å². The molecule has 0 N–H and O–H groups in total. The number of halogens is 3. The molecule has 0 spiro atoms. The molecule has 0 aliphatic carbocycles. The zero-order valence-electron chi connectivity index (χ0n) is 29.4. The van der Waals surface area contributed by atoms with Crippen LogP contribution in [0.4, 0.5) is 13.2 Å². The van der Waals surface area contributed by atoms with Crippen molar-refractivity contribution in [2.24, 2.45) is 0 Å². The van der Waals surface area contributed by atoms with Crippen LogP contribution in [0.1, 0.15) is 62.3 Å². The summed E-state index contributed by atoms with van der Waals surface area (Å²) in [5.74, 6) is 0.828. The maximum absolute atomic E-state index is 14.1. The third-order valence-corrected chi connectivity index (χ3v) is 21.7. The van der Waals surface area contributed by atoms with E-state index in [0.29, 0.717) is 11.5 Å². The maximum Gasteiger partial charge on any atom is 0.534 e. The van der Waals surface area contributed by atoms with E-state index in [2.05, 4.69) is 4.18 Å². The van der Waals surface area contributed by atoms with Crippen molar-refractivity contribution in [3.05, 3.63) is 54.6 Å². The van der Waals surface area contributed by atoms with Crippen molar-refractivity contribution in [2.45, 2.75) is 83.3 Å². The normalized spacial score (nSPS) is 24.5. The predicted octanol–water partition coefficient (Wildman–Crippen LogP) is 8.68. The molecule has 0 bridgehead atoms. The van der Waals surface area contributed by atoms with Gasteiger partial charge in [-0.25, -0.2) is 0 Å². The highest BCUT2D eigenvalue weighted by molar-refractivity contribution is 7.88. The quantitative estimate of drug-likeness (QED) is 0.146. The van der Waals surface area contributed by atoms with Crippen LogP contribution in [-0.2, 0) is 23.8 Å². The number of hydrogen-bond donors (Lipinski definition) is 0. The zero-order chi connectivity index (χ0) is 37.5. The minimum atomic E-state index is -5.84. The second-order valence-electron chi connectivity index (χ2n) is 15.4. The van der Waals surface area contributed by atoms with Crippen molar-refractivity contribution in [1.82, 2.24) is 0 Å². The Morgan fingerprint density at radius 3 is 1.22 bits per heavy atom. The highest BCUT2D eigenvalue weighted by Gasteiger charge is 2.53. The number of alkyl halides is 3. The molecule has 3 heterocycles. The van der Waals surface area contributed by atoms with Crippen LogP contribution >= 0.6 is 21.4 Å². The summed E-state index contributed by atoms with van der Waals surface area (Å²) in [6, 6.07) is 15.3. The molecule has 0 amide bonds. The van der Waals surface area contributed by atoms with Gasteiger partial charge in [-0.15, -0.1) is 0 Å². The highest BCUT2D eigenvalue weighted by Crippen LogP contribution is 2.66. The van der Waals surface area contributed by atoms with E-state index in [0.717, 1.165) is 27.8 Å². The molecule has 16 heteroatoms. The number of benzene rings is 3. The van der Waals surface area contributed by atoms with Crippen molar-refractivity contribution in [1.29, 1.82) is 0 Å². The average molecular weight is 777 g/mol. The number of hydrogen-bond acceptors (Lipinski definition) is 9. The predicted molar refractivity (Wildman–Crippen MR) is 191 cm³/mol. The zero-order valence-corrected chi connectivity index (χ0v) is 32.9. The Bertz CT molecular complexity index is 2020. The molecular formula is C34H42F3O9P3S. The van der Waals surface area contributed by atoms with E-state index in [9.17, 15) is 35.3 Å². The van der Waals surface area contributed by atoms with E-state index < -0.39 is 58.3 Å². The molecule has 0 saturated heterocycles. The minimum absolute atomic E-state index is 0.0770. The summed E-state index contributed by atoms with van der Waals surface area (Å²) >= 11 is 0. The third kappa shape index (κ3) is 6.14. The lowest BCUT2D eigenvalue weighted by atomic mass is 10.0. The van der Waals surface area contributed by atoms with Gasteiger partial charge < -0.3 is 32.1 Å². The fraction of sp³-hybridized carbons (Fsp3) is 0.471. The van der Waals surface area contributed by atoms with Crippen LogP contribution in [0.3, 0.4) is 0 Å². The molecule has 0 unspecified atom stereocenters. The smallest absolute Gasteiger partial charge is 0.485 e. The van der Waals surface area contributed by atoms with Gasteiger partial charge in [0.25, 0.3) is 0 Å². The summed E-state index contributed by atoms with van der Waals surface area (Å²) in [5, 5.41) is -0.200. The van der Waals surface area contributed by atoms with Crippen LogP contribution in [0.5, 0.6) is 23.0 Å². The Morgan fingerprint density at radius 2 is 0.880 bits per heavy atom. The van der Waals surface area contributed by atoms with E-state index in [1.807, 2.05) is 77.9 Å². The molecule has 3 aromatic carbocycles. The number of ether oxygens (including phenoxy) is 3. The van der Waals surface area contributed by atoms with Crippen LogP contribution in [0.15, 0.2) is 54.6 Å². The molecule has 0 radical (unpaired) electrons. The van der Waals surface area contributed by atoms with Crippen LogP contribution < -0.4 is 34.3 Å². The molecule has 274 valence electrons. The van der Waals surface area contributed by atoms with E-state index >= 15 is 0 Å². The lowest BCUT2D eigenvalue weighted by Crippen LogP contribution is -2.30. The molecule has 3 aliphatic rings. The second kappa shape index (κ2) is 12.2. The second-order valence-corrected chi connectivity index (χ2v) is 27.6. The van der Waals surface area contributed by atoms with Crippen LogP contribution in [-0.4, -0.2) is 48.4 Å². The Balaban J connectivity index is 0.000000201. The van der Waals surface area contributed by atoms with Gasteiger partial charge in [0.1, 0.15) is 41.6 Å². The molecule has 50 heavy (non-hydrogen) atoms. The van der Waals surface area contributed by atoms with Gasteiger partial charge in [-0.1, -0.05) is 92.6 Å². The van der Waals surface area contributed by atoms with Gasteiger partial charge in [-0.2, -0.15) is 21.6 Å². The third-order valence-electron chi connectivity index (χ3n) is 9.27. The molecule has 0 aromatic heterocycles. The standard InChI is InChI=1S/C22H28O4P2.C12H14F3O5PS/c1-21(2,3)27(23)13-25-17-11-7-9-15(19(17)27)16-10-8-12-18-20(16)28(24,14-26-18)22(4,5)6;1-11(2,3)21(16)7-19-8-5-4-6-9(10(8)21)20-22(17,18)12(13,14)15/h7-12H,13-14H2,1-6H3;4-6H,7H2,1-3H3/t27-,28-;21-/m00/s1. The van der Waals surface area contributed by atoms with E-state index in [-0.39, 0.29) is 30.1 Å². The van der Waals surface area contributed by atoms with E-state index in [1.54, 1.807) is 20.8 Å². The molecule has 6 rings (SSSR count). The summed E-state index contributed by atoms with van der Waals surface area (Å²) in [6.45, 7) is 16.9. The summed E-state index contributed by atoms with van der Waals surface area (Å²) in [4.78, 5) is 0. The van der Waals surface area contributed by atoms with Gasteiger partial charge >= 0.3 is 15.6 Å². The van der Waals surface area contributed by atoms with Crippen LogP contribution in [0.25, 0.3) is 11.1 Å². The summed E-state index contributed by atoms with van der Waals surface area (Å²) in [5.41, 5.74) is -3.85. The Kier molecular flexibility index (Phi) is 9.38. The summed E-state index contributed by atoms with van der Waals surface area (Å²) in [6.07, 6.45) is 0.217. The lowest BCUT2D eigenvalue weighted by molar-refractivity contribution is -0.0499. The molecule has 0 saturated carbocycles. The first kappa shape index (κ1) is 38.5. The van der Waals surface area contributed by atoms with Crippen molar-refractivity contribution < 1.29 is 53.7 Å². The topological polar surface area (TPSA) is 122 Å². The Morgan fingerprint density at radius 1 is 0.560 bits per heavy atom. The van der Waals surface area contributed by atoms with Crippen molar-refractivity contribution in [3.63, 3.8) is 0 Å². The van der Waals surface area contributed by atoms with Gasteiger partial charge in [-0.05, 0) is 35.4 Å². The van der Waals surface area contributed by atoms with Crippen LogP contribution in [0.2, 0.25) is 0 Å². The van der Waals surface area contributed by atoms with Crippen molar-refractivity contribution in [2.75, 3.05) is 19.0 Å². The van der Waals surface area contributed by atoms with Gasteiger partial charge in [0.2, 0.25) is 0 Å². The van der Waals surface area contributed by atoms with Crippen molar-refractivity contribution >= 4 is 47.5 Å². The minimum Gasteiger partial charge on any atom is -0.485 e.